The molecular weight excluding hydrogens is 222 g/mol. The number of nitrogens with zero attached hydrogens (tertiary/aromatic N) is 2. The third kappa shape index (κ3) is 5.67. The standard InChI is InChI=1S/C15H29N3/c1-12(2)10-14(11-13(3)4)16-8-6-15-7-9-17-18(15)5/h7,9,12-14,16H,6,8,10-11H2,1-5H3. The molecule has 0 fully saturated rings. The smallest absolute Gasteiger partial charge is 0.0492 e. The lowest BCUT2D eigenvalue weighted by Gasteiger charge is -2.22. The molecule has 0 aromatic carbocycles. The minimum Gasteiger partial charge on any atom is -0.314 e. The number of aryl methyl sites for hydroxylation is 1. The van der Waals surface area contributed by atoms with E-state index in [4.69, 9.17) is 0 Å². The van der Waals surface area contributed by atoms with Crippen LogP contribution in [0.25, 0.3) is 0 Å². The van der Waals surface area contributed by atoms with Gasteiger partial charge in [-0.2, -0.15) is 5.10 Å². The maximum Gasteiger partial charge on any atom is 0.0492 e. The molecule has 1 rings (SSSR count). The number of hydrogen-bond acceptors (Lipinski definition) is 2. The zero-order chi connectivity index (χ0) is 13.5. The average Bonchev–Trinajstić information content (AvgIpc) is 2.62. The van der Waals surface area contributed by atoms with E-state index >= 15 is 0 Å². The molecule has 0 aliphatic heterocycles. The summed E-state index contributed by atoms with van der Waals surface area (Å²) in [7, 11) is 2.01. The van der Waals surface area contributed by atoms with E-state index in [0.29, 0.717) is 6.04 Å². The van der Waals surface area contributed by atoms with Gasteiger partial charge >= 0.3 is 0 Å². The Labute approximate surface area is 112 Å². The summed E-state index contributed by atoms with van der Waals surface area (Å²) in [6.45, 7) is 10.3. The van der Waals surface area contributed by atoms with Crippen molar-refractivity contribution >= 4 is 0 Å². The molecule has 1 heterocycles. The largest absolute Gasteiger partial charge is 0.314 e. The van der Waals surface area contributed by atoms with Gasteiger partial charge < -0.3 is 5.32 Å². The van der Waals surface area contributed by atoms with Gasteiger partial charge in [-0.1, -0.05) is 27.7 Å². The minimum absolute atomic E-state index is 0.651. The molecule has 0 spiro atoms. The molecule has 3 heteroatoms. The molecule has 0 saturated heterocycles. The summed E-state index contributed by atoms with van der Waals surface area (Å²) < 4.78 is 1.96. The van der Waals surface area contributed by atoms with Crippen LogP contribution in [0, 0.1) is 11.8 Å². The van der Waals surface area contributed by atoms with Gasteiger partial charge in [0.05, 0.1) is 0 Å². The number of rotatable bonds is 8. The second-order valence-corrected chi connectivity index (χ2v) is 6.11. The fourth-order valence-electron chi connectivity index (χ4n) is 2.45. The molecule has 104 valence electrons. The SMILES string of the molecule is CC(C)CC(CC(C)C)NCCc1ccnn1C. The number of nitrogens with one attached hydrogen (secondary N) is 1. The molecule has 1 aromatic heterocycles. The lowest BCUT2D eigenvalue weighted by atomic mass is 9.95. The van der Waals surface area contributed by atoms with Gasteiger partial charge in [-0.25, -0.2) is 0 Å². The Balaban J connectivity index is 2.34. The Morgan fingerprint density at radius 3 is 2.22 bits per heavy atom. The van der Waals surface area contributed by atoms with Gasteiger partial charge in [0.15, 0.2) is 0 Å². The van der Waals surface area contributed by atoms with Gasteiger partial charge in [-0.15, -0.1) is 0 Å². The fraction of sp³-hybridized carbons (Fsp3) is 0.800. The second-order valence-electron chi connectivity index (χ2n) is 6.11. The first-order valence-electron chi connectivity index (χ1n) is 7.19. The van der Waals surface area contributed by atoms with Gasteiger partial charge in [0.2, 0.25) is 0 Å². The predicted octanol–water partition coefficient (Wildman–Crippen LogP) is 3.01. The molecular formula is C15H29N3. The van der Waals surface area contributed by atoms with Crippen LogP contribution < -0.4 is 5.32 Å². The Morgan fingerprint density at radius 1 is 1.17 bits per heavy atom. The molecule has 1 aromatic rings. The lowest BCUT2D eigenvalue weighted by Crippen LogP contribution is -2.33. The van der Waals surface area contributed by atoms with Crippen LogP contribution in [0.3, 0.4) is 0 Å². The quantitative estimate of drug-likeness (QED) is 0.769. The molecule has 0 saturated carbocycles. The van der Waals surface area contributed by atoms with Gasteiger partial charge in [-0.05, 0) is 30.7 Å². The molecule has 1 N–H and O–H groups in total. The van der Waals surface area contributed by atoms with Crippen LogP contribution in [0.2, 0.25) is 0 Å². The van der Waals surface area contributed by atoms with Crippen molar-refractivity contribution in [2.24, 2.45) is 18.9 Å². The zero-order valence-electron chi connectivity index (χ0n) is 12.6. The van der Waals surface area contributed by atoms with Crippen molar-refractivity contribution in [3.05, 3.63) is 18.0 Å². The Kier molecular flexibility index (Phi) is 6.41. The molecule has 0 unspecified atom stereocenters. The molecule has 0 bridgehead atoms. The van der Waals surface area contributed by atoms with E-state index in [1.807, 2.05) is 17.9 Å². The lowest BCUT2D eigenvalue weighted by molar-refractivity contribution is 0.360. The fourth-order valence-corrected chi connectivity index (χ4v) is 2.45. The first kappa shape index (κ1) is 15.2. The normalized spacial score (nSPS) is 12.0. The molecule has 0 radical (unpaired) electrons. The maximum atomic E-state index is 4.20. The van der Waals surface area contributed by atoms with E-state index in [-0.39, 0.29) is 0 Å². The second kappa shape index (κ2) is 7.57. The van der Waals surface area contributed by atoms with Crippen molar-refractivity contribution < 1.29 is 0 Å². The highest BCUT2D eigenvalue weighted by molar-refractivity contribution is 5.00. The summed E-state index contributed by atoms with van der Waals surface area (Å²) in [6, 6.07) is 2.75. The molecule has 18 heavy (non-hydrogen) atoms. The third-order valence-corrected chi connectivity index (χ3v) is 3.25. The molecule has 0 amide bonds. The van der Waals surface area contributed by atoms with Crippen molar-refractivity contribution in [2.45, 2.75) is 53.0 Å². The molecule has 0 aliphatic carbocycles. The molecule has 0 aliphatic rings. The van der Waals surface area contributed by atoms with Gasteiger partial charge in [-0.3, -0.25) is 4.68 Å². The summed E-state index contributed by atoms with van der Waals surface area (Å²) in [6.07, 6.45) is 5.46. The van der Waals surface area contributed by atoms with Crippen molar-refractivity contribution in [2.75, 3.05) is 6.54 Å². The summed E-state index contributed by atoms with van der Waals surface area (Å²) >= 11 is 0. The van der Waals surface area contributed by atoms with Crippen LogP contribution in [0.1, 0.15) is 46.2 Å². The van der Waals surface area contributed by atoms with E-state index < -0.39 is 0 Å². The highest BCUT2D eigenvalue weighted by Crippen LogP contribution is 2.13. The van der Waals surface area contributed by atoms with E-state index in [1.165, 1.54) is 18.5 Å². The predicted molar refractivity (Wildman–Crippen MR) is 77.6 cm³/mol. The Morgan fingerprint density at radius 2 is 1.78 bits per heavy atom. The van der Waals surface area contributed by atoms with Crippen molar-refractivity contribution in [3.8, 4) is 0 Å². The van der Waals surface area contributed by atoms with Crippen LogP contribution in [0.5, 0.6) is 0 Å². The van der Waals surface area contributed by atoms with Crippen LogP contribution >= 0.6 is 0 Å². The monoisotopic (exact) mass is 251 g/mol. The van der Waals surface area contributed by atoms with Gasteiger partial charge in [0, 0.05) is 37.9 Å². The summed E-state index contributed by atoms with van der Waals surface area (Å²) in [5.41, 5.74) is 1.30. The van der Waals surface area contributed by atoms with Crippen molar-refractivity contribution in [3.63, 3.8) is 0 Å². The zero-order valence-corrected chi connectivity index (χ0v) is 12.6. The average molecular weight is 251 g/mol. The highest BCUT2D eigenvalue weighted by Gasteiger charge is 2.12. The van der Waals surface area contributed by atoms with Crippen LogP contribution in [-0.2, 0) is 13.5 Å². The van der Waals surface area contributed by atoms with E-state index in [1.54, 1.807) is 0 Å². The van der Waals surface area contributed by atoms with E-state index in [0.717, 1.165) is 24.8 Å². The first-order valence-corrected chi connectivity index (χ1v) is 7.19. The van der Waals surface area contributed by atoms with Crippen LogP contribution in [-0.4, -0.2) is 22.4 Å². The van der Waals surface area contributed by atoms with Crippen LogP contribution in [0.4, 0.5) is 0 Å². The maximum absolute atomic E-state index is 4.20. The van der Waals surface area contributed by atoms with Gasteiger partial charge in [0.1, 0.15) is 0 Å². The molecule has 3 nitrogen and oxygen atoms in total. The number of aromatic nitrogens is 2. The highest BCUT2D eigenvalue weighted by atomic mass is 15.3. The van der Waals surface area contributed by atoms with Crippen molar-refractivity contribution in [1.29, 1.82) is 0 Å². The Bertz CT molecular complexity index is 318. The topological polar surface area (TPSA) is 29.9 Å². The molecule has 0 atom stereocenters. The number of hydrogen-bond donors (Lipinski definition) is 1. The summed E-state index contributed by atoms with van der Waals surface area (Å²) in [5.74, 6) is 1.52. The summed E-state index contributed by atoms with van der Waals surface area (Å²) in [4.78, 5) is 0. The third-order valence-electron chi connectivity index (χ3n) is 3.25. The van der Waals surface area contributed by atoms with Crippen molar-refractivity contribution in [1.82, 2.24) is 15.1 Å². The van der Waals surface area contributed by atoms with E-state index in [9.17, 15) is 0 Å². The minimum atomic E-state index is 0.651. The first-order chi connectivity index (χ1) is 8.49. The van der Waals surface area contributed by atoms with Crippen LogP contribution in [0.15, 0.2) is 12.3 Å². The summed E-state index contributed by atoms with van der Waals surface area (Å²) in [5, 5.41) is 7.91. The van der Waals surface area contributed by atoms with Gasteiger partial charge in [0.25, 0.3) is 0 Å². The Hall–Kier alpha value is -0.830. The van der Waals surface area contributed by atoms with E-state index in [2.05, 4.69) is 44.2 Å².